The van der Waals surface area contributed by atoms with Crippen molar-refractivity contribution in [1.29, 1.82) is 0 Å². The zero-order valence-electron chi connectivity index (χ0n) is 21.3. The van der Waals surface area contributed by atoms with Crippen LogP contribution in [-0.2, 0) is 4.79 Å². The normalized spacial score (nSPS) is 19.7. The number of carbonyl (C=O) groups is 2. The van der Waals surface area contributed by atoms with Gasteiger partial charge in [-0.1, -0.05) is 6.92 Å². The summed E-state index contributed by atoms with van der Waals surface area (Å²) in [6, 6.07) is 3.46. The fourth-order valence-electron chi connectivity index (χ4n) is 4.85. The lowest BCUT2D eigenvalue weighted by molar-refractivity contribution is -0.133. The van der Waals surface area contributed by atoms with Gasteiger partial charge in [-0.05, 0) is 50.3 Å². The van der Waals surface area contributed by atoms with Gasteiger partial charge in [0.05, 0.1) is 30.3 Å². The van der Waals surface area contributed by atoms with Gasteiger partial charge < -0.3 is 19.9 Å². The molecule has 2 amide bonds. The molecule has 8 nitrogen and oxygen atoms in total. The third kappa shape index (κ3) is 5.19. The van der Waals surface area contributed by atoms with E-state index in [2.05, 4.69) is 20.3 Å². The van der Waals surface area contributed by atoms with E-state index in [0.717, 1.165) is 12.8 Å². The number of alkyl halides is 3. The number of H-pyrrole nitrogens is 1. The summed E-state index contributed by atoms with van der Waals surface area (Å²) in [5, 5.41) is 2.76. The fraction of sp³-hybridized carbons (Fsp3) is 0.481. The van der Waals surface area contributed by atoms with Crippen LogP contribution < -0.4 is 10.1 Å². The van der Waals surface area contributed by atoms with Crippen LogP contribution >= 0.6 is 0 Å². The predicted octanol–water partition coefficient (Wildman–Crippen LogP) is 4.74. The van der Waals surface area contributed by atoms with Gasteiger partial charge in [-0.3, -0.25) is 9.59 Å². The number of piperidine rings is 1. The van der Waals surface area contributed by atoms with Gasteiger partial charge in [0, 0.05) is 29.8 Å². The van der Waals surface area contributed by atoms with Crippen LogP contribution in [0.5, 0.6) is 5.75 Å². The van der Waals surface area contributed by atoms with Crippen molar-refractivity contribution in [2.45, 2.75) is 58.2 Å². The van der Waals surface area contributed by atoms with E-state index in [1.54, 1.807) is 13.8 Å². The molecule has 3 heterocycles. The SMILES string of the molecule is CCC(=O)N1CC[C@H](NC(=O)c2c(C)[nH]c3c(-c4cc(C(F)F)ccc4OCC4CC4)ncnc23)[C@H](F)C1. The molecule has 2 fully saturated rings. The zero-order valence-corrected chi connectivity index (χ0v) is 21.3. The quantitative estimate of drug-likeness (QED) is 0.439. The minimum Gasteiger partial charge on any atom is -0.493 e. The van der Waals surface area contributed by atoms with E-state index < -0.39 is 24.5 Å². The largest absolute Gasteiger partial charge is 0.493 e. The molecule has 5 rings (SSSR count). The van der Waals surface area contributed by atoms with Crippen molar-refractivity contribution >= 4 is 22.8 Å². The number of hydrogen-bond acceptors (Lipinski definition) is 5. The Bertz CT molecular complexity index is 1360. The molecule has 2 aliphatic rings. The molecule has 2 aromatic heterocycles. The van der Waals surface area contributed by atoms with Gasteiger partial charge in [-0.25, -0.2) is 23.1 Å². The highest BCUT2D eigenvalue weighted by Gasteiger charge is 2.33. The summed E-state index contributed by atoms with van der Waals surface area (Å²) in [6.45, 7) is 4.20. The van der Waals surface area contributed by atoms with Crippen molar-refractivity contribution in [2.24, 2.45) is 5.92 Å². The van der Waals surface area contributed by atoms with E-state index in [4.69, 9.17) is 4.74 Å². The van der Waals surface area contributed by atoms with Crippen LogP contribution in [0.3, 0.4) is 0 Å². The molecule has 0 unspecified atom stereocenters. The Morgan fingerprint density at radius 2 is 2.03 bits per heavy atom. The average Bonchev–Trinajstić information content (AvgIpc) is 3.67. The summed E-state index contributed by atoms with van der Waals surface area (Å²) in [5.74, 6) is 0.254. The first-order valence-electron chi connectivity index (χ1n) is 12.9. The number of halogens is 3. The number of aryl methyl sites for hydroxylation is 1. The lowest BCUT2D eigenvalue weighted by atomic mass is 10.0. The van der Waals surface area contributed by atoms with E-state index in [-0.39, 0.29) is 23.6 Å². The highest BCUT2D eigenvalue weighted by atomic mass is 19.3. The third-order valence-corrected chi connectivity index (χ3v) is 7.19. The molecule has 0 radical (unpaired) electrons. The van der Waals surface area contributed by atoms with Gasteiger partial charge in [-0.2, -0.15) is 0 Å². The summed E-state index contributed by atoms with van der Waals surface area (Å²) < 4.78 is 47.9. The number of nitrogens with one attached hydrogen (secondary N) is 2. The number of amides is 2. The van der Waals surface area contributed by atoms with Crippen LogP contribution in [0.15, 0.2) is 24.5 Å². The van der Waals surface area contributed by atoms with Crippen molar-refractivity contribution in [3.8, 4) is 17.0 Å². The first kappa shape index (κ1) is 26.0. The molecule has 2 atom stereocenters. The molecule has 1 saturated carbocycles. The van der Waals surface area contributed by atoms with Gasteiger partial charge in [-0.15, -0.1) is 0 Å². The van der Waals surface area contributed by atoms with Gasteiger partial charge in [0.1, 0.15) is 29.5 Å². The van der Waals surface area contributed by atoms with E-state index in [0.29, 0.717) is 65.6 Å². The monoisotopic (exact) mass is 529 g/mol. The van der Waals surface area contributed by atoms with Crippen LogP contribution in [0, 0.1) is 12.8 Å². The second kappa shape index (κ2) is 10.6. The van der Waals surface area contributed by atoms with Crippen LogP contribution in [0.1, 0.15) is 60.6 Å². The maximum absolute atomic E-state index is 14.9. The maximum Gasteiger partial charge on any atom is 0.263 e. The molecule has 2 N–H and O–H groups in total. The number of rotatable bonds is 8. The van der Waals surface area contributed by atoms with Crippen molar-refractivity contribution in [2.75, 3.05) is 19.7 Å². The minimum atomic E-state index is -2.68. The number of likely N-dealkylation sites (tertiary alicyclic amines) is 1. The highest BCUT2D eigenvalue weighted by Crippen LogP contribution is 2.38. The van der Waals surface area contributed by atoms with Gasteiger partial charge in [0.2, 0.25) is 5.91 Å². The molecule has 0 bridgehead atoms. The van der Waals surface area contributed by atoms with Gasteiger partial charge >= 0.3 is 0 Å². The molecule has 11 heteroatoms. The van der Waals surface area contributed by atoms with E-state index >= 15 is 0 Å². The Hall–Kier alpha value is -3.63. The van der Waals surface area contributed by atoms with Gasteiger partial charge in [0.15, 0.2) is 0 Å². The van der Waals surface area contributed by atoms with Crippen molar-refractivity contribution in [1.82, 2.24) is 25.2 Å². The van der Waals surface area contributed by atoms with E-state index in [1.807, 2.05) is 0 Å². The molecule has 1 aliphatic carbocycles. The number of nitrogens with zero attached hydrogens (tertiary/aromatic N) is 3. The minimum absolute atomic E-state index is 0.0685. The number of fused-ring (bicyclic) bond motifs is 1. The summed E-state index contributed by atoms with van der Waals surface area (Å²) >= 11 is 0. The molecule has 0 spiro atoms. The molecule has 3 aromatic rings. The predicted molar refractivity (Wildman–Crippen MR) is 135 cm³/mol. The summed E-state index contributed by atoms with van der Waals surface area (Å²) in [5.41, 5.74) is 1.95. The third-order valence-electron chi connectivity index (χ3n) is 7.19. The van der Waals surface area contributed by atoms with Crippen LogP contribution in [0.25, 0.3) is 22.3 Å². The van der Waals surface area contributed by atoms with E-state index in [9.17, 15) is 22.8 Å². The smallest absolute Gasteiger partial charge is 0.263 e. The second-order valence-electron chi connectivity index (χ2n) is 9.96. The van der Waals surface area contributed by atoms with Crippen molar-refractivity contribution in [3.05, 3.63) is 41.3 Å². The summed E-state index contributed by atoms with van der Waals surface area (Å²) in [4.78, 5) is 38.5. The Kier molecular flexibility index (Phi) is 7.27. The summed E-state index contributed by atoms with van der Waals surface area (Å²) in [7, 11) is 0. The number of ether oxygens (including phenoxy) is 1. The number of aromatic amines is 1. The summed E-state index contributed by atoms with van der Waals surface area (Å²) in [6.07, 6.45) is -0.0658. The van der Waals surface area contributed by atoms with Crippen LogP contribution in [-0.4, -0.2) is 63.6 Å². The van der Waals surface area contributed by atoms with Crippen molar-refractivity contribution < 1.29 is 27.5 Å². The van der Waals surface area contributed by atoms with E-state index in [1.165, 1.54) is 29.4 Å². The average molecular weight is 530 g/mol. The molecular formula is C27H30F3N5O3. The Morgan fingerprint density at radius 3 is 2.71 bits per heavy atom. The number of carbonyl (C=O) groups excluding carboxylic acids is 2. The molecule has 38 heavy (non-hydrogen) atoms. The number of benzene rings is 1. The van der Waals surface area contributed by atoms with Crippen molar-refractivity contribution in [3.63, 3.8) is 0 Å². The Balaban J connectivity index is 1.45. The lowest BCUT2D eigenvalue weighted by Gasteiger charge is -2.35. The molecule has 1 saturated heterocycles. The molecule has 202 valence electrons. The number of hydrogen-bond donors (Lipinski definition) is 2. The molecule has 1 aromatic carbocycles. The first-order chi connectivity index (χ1) is 18.3. The standard InChI is InChI=1S/C27H30F3N5O3/c1-3-21(36)35-9-8-19(18(28)11-35)34-27(37)22-14(2)33-25-23(31-13-32-24(22)25)17-10-16(26(29)30)6-7-20(17)38-12-15-4-5-15/h6-7,10,13,15,18-19,26,33H,3-5,8-9,11-12H2,1-2H3,(H,34,37)/t18-,19+/m1/s1. The van der Waals surface area contributed by atoms with Crippen LogP contribution in [0.4, 0.5) is 13.2 Å². The fourth-order valence-corrected chi connectivity index (χ4v) is 4.85. The maximum atomic E-state index is 14.9. The molecule has 1 aliphatic heterocycles. The lowest BCUT2D eigenvalue weighted by Crippen LogP contribution is -2.53. The second-order valence-corrected chi connectivity index (χ2v) is 9.96. The topological polar surface area (TPSA) is 100 Å². The Labute approximate surface area is 218 Å². The van der Waals surface area contributed by atoms with Crippen LogP contribution in [0.2, 0.25) is 0 Å². The number of aromatic nitrogens is 3. The molecular weight excluding hydrogens is 499 g/mol. The highest BCUT2D eigenvalue weighted by molar-refractivity contribution is 6.09. The first-order valence-corrected chi connectivity index (χ1v) is 12.9. The van der Waals surface area contributed by atoms with Gasteiger partial charge in [0.25, 0.3) is 12.3 Å². The zero-order chi connectivity index (χ0) is 27.0. The Morgan fingerprint density at radius 1 is 1.24 bits per heavy atom.